The third kappa shape index (κ3) is 5.71. The van der Waals surface area contributed by atoms with Crippen LogP contribution in [0.3, 0.4) is 0 Å². The molecule has 6 rings (SSSR count). The number of nitrogens with one attached hydrogen (secondary N) is 1. The molecule has 0 bridgehead atoms. The number of piperidine rings is 1. The molecule has 3 aromatic rings. The van der Waals surface area contributed by atoms with E-state index in [-0.39, 0.29) is 23.0 Å². The van der Waals surface area contributed by atoms with E-state index in [4.69, 9.17) is 0 Å². The molecule has 2 aliphatic heterocycles. The maximum absolute atomic E-state index is 14.2. The zero-order chi connectivity index (χ0) is 30.4. The minimum atomic E-state index is -4.54. The van der Waals surface area contributed by atoms with E-state index < -0.39 is 26.3 Å². The number of urea groups is 1. The zero-order valence-corrected chi connectivity index (χ0v) is 25.9. The first-order valence-electron chi connectivity index (χ1n) is 14.6. The summed E-state index contributed by atoms with van der Waals surface area (Å²) in [6.07, 6.45) is -0.820. The molecular formula is C32H33BrF3N3O3S. The van der Waals surface area contributed by atoms with E-state index in [1.54, 1.807) is 12.1 Å². The van der Waals surface area contributed by atoms with Crippen LogP contribution in [0.2, 0.25) is 0 Å². The van der Waals surface area contributed by atoms with Crippen LogP contribution < -0.4 is 5.32 Å². The molecule has 0 atom stereocenters. The average molecular weight is 677 g/mol. The summed E-state index contributed by atoms with van der Waals surface area (Å²) in [6, 6.07) is 19.2. The molecule has 0 radical (unpaired) electrons. The predicted octanol–water partition coefficient (Wildman–Crippen LogP) is 7.59. The van der Waals surface area contributed by atoms with Crippen molar-refractivity contribution in [1.82, 2.24) is 9.80 Å². The third-order valence-electron chi connectivity index (χ3n) is 9.46. The molecule has 1 aliphatic carbocycles. The maximum atomic E-state index is 14.2. The lowest BCUT2D eigenvalue weighted by Crippen LogP contribution is -2.53. The molecule has 1 saturated carbocycles. The van der Waals surface area contributed by atoms with Crippen molar-refractivity contribution in [3.63, 3.8) is 0 Å². The Bertz CT molecular complexity index is 1580. The van der Waals surface area contributed by atoms with Gasteiger partial charge in [0.25, 0.3) is 0 Å². The number of likely N-dealkylation sites (tertiary alicyclic amines) is 1. The van der Waals surface area contributed by atoms with Crippen LogP contribution in [0.1, 0.15) is 55.2 Å². The molecule has 0 spiro atoms. The lowest BCUT2D eigenvalue weighted by molar-refractivity contribution is -0.137. The number of fused-ring (bicyclic) bond motifs is 1. The Kier molecular flexibility index (Phi) is 8.10. The Morgan fingerprint density at radius 3 is 2.09 bits per heavy atom. The van der Waals surface area contributed by atoms with Crippen molar-refractivity contribution in [1.29, 1.82) is 0 Å². The number of benzene rings is 3. The van der Waals surface area contributed by atoms with Crippen molar-refractivity contribution in [2.24, 2.45) is 0 Å². The zero-order valence-electron chi connectivity index (χ0n) is 23.5. The van der Waals surface area contributed by atoms with Crippen molar-refractivity contribution in [2.75, 3.05) is 18.4 Å². The monoisotopic (exact) mass is 675 g/mol. The van der Waals surface area contributed by atoms with Gasteiger partial charge in [0.15, 0.2) is 9.84 Å². The van der Waals surface area contributed by atoms with E-state index in [1.165, 1.54) is 0 Å². The minimum Gasteiger partial charge on any atom is -0.317 e. The Hall–Kier alpha value is -2.89. The molecular weight excluding hydrogens is 643 g/mol. The summed E-state index contributed by atoms with van der Waals surface area (Å²) in [7, 11) is -4.01. The van der Waals surface area contributed by atoms with Gasteiger partial charge in [-0.2, -0.15) is 13.2 Å². The number of hydrogen-bond acceptors (Lipinski definition) is 4. The van der Waals surface area contributed by atoms with Gasteiger partial charge >= 0.3 is 12.2 Å². The molecule has 1 N–H and O–H groups in total. The highest BCUT2D eigenvalue weighted by molar-refractivity contribution is 9.10. The van der Waals surface area contributed by atoms with Crippen LogP contribution in [0.25, 0.3) is 0 Å². The van der Waals surface area contributed by atoms with Gasteiger partial charge in [-0.3, -0.25) is 0 Å². The van der Waals surface area contributed by atoms with Crippen LogP contribution in [0.5, 0.6) is 0 Å². The highest BCUT2D eigenvalue weighted by Gasteiger charge is 2.49. The molecule has 2 fully saturated rings. The fraction of sp³-hybridized carbons (Fsp3) is 0.406. The van der Waals surface area contributed by atoms with Gasteiger partial charge in [0.2, 0.25) is 0 Å². The molecule has 3 aliphatic rings. The predicted molar refractivity (Wildman–Crippen MR) is 162 cm³/mol. The quantitative estimate of drug-likeness (QED) is 0.303. The summed E-state index contributed by atoms with van der Waals surface area (Å²) in [4.78, 5) is 17.1. The topological polar surface area (TPSA) is 69.7 Å². The molecule has 228 valence electrons. The van der Waals surface area contributed by atoms with Crippen molar-refractivity contribution < 1.29 is 26.4 Å². The van der Waals surface area contributed by atoms with E-state index >= 15 is 0 Å². The molecule has 43 heavy (non-hydrogen) atoms. The van der Waals surface area contributed by atoms with E-state index in [2.05, 4.69) is 26.1 Å². The fourth-order valence-corrected chi connectivity index (χ4v) is 9.46. The second-order valence-electron chi connectivity index (χ2n) is 11.7. The van der Waals surface area contributed by atoms with Crippen LogP contribution in [0.4, 0.5) is 23.7 Å². The largest absolute Gasteiger partial charge is 0.416 e. The van der Waals surface area contributed by atoms with Gasteiger partial charge in [0.1, 0.15) is 4.75 Å². The van der Waals surface area contributed by atoms with Gasteiger partial charge in [0, 0.05) is 41.9 Å². The highest BCUT2D eigenvalue weighted by atomic mass is 79.9. The van der Waals surface area contributed by atoms with Crippen LogP contribution in [0.15, 0.2) is 82.2 Å². The molecule has 3 aromatic carbocycles. The van der Waals surface area contributed by atoms with E-state index in [9.17, 15) is 26.4 Å². The number of carbonyl (C=O) groups is 1. The number of para-hydroxylation sites is 1. The third-order valence-corrected chi connectivity index (χ3v) is 12.6. The van der Waals surface area contributed by atoms with Gasteiger partial charge in [-0.25, -0.2) is 13.2 Å². The summed E-state index contributed by atoms with van der Waals surface area (Å²) >= 11 is 3.42. The van der Waals surface area contributed by atoms with E-state index in [1.807, 2.05) is 41.3 Å². The number of sulfone groups is 1. The molecule has 2 heterocycles. The van der Waals surface area contributed by atoms with Crippen LogP contribution >= 0.6 is 15.9 Å². The second kappa shape index (κ2) is 11.6. The molecule has 0 aromatic heterocycles. The van der Waals surface area contributed by atoms with E-state index in [0.29, 0.717) is 37.8 Å². The normalized spacial score (nSPS) is 24.0. The Balaban J connectivity index is 1.17. The Morgan fingerprint density at radius 1 is 0.837 bits per heavy atom. The van der Waals surface area contributed by atoms with Gasteiger partial charge < -0.3 is 15.1 Å². The standard InChI is InChI=1S/C32H33BrF3N3O3S/c33-25-9-5-23(6-10-25)31(43(41,42)28-11-7-24(8-12-28)32(34,35)36)17-13-26(14-18-31)38-19-15-27(16-20-38)39-21-22-3-1-2-4-29(22)37-30(39)40/h1-12,26-27H,13-21H2,(H,37,40). The molecule has 6 nitrogen and oxygen atoms in total. The number of carbonyl (C=O) groups excluding carboxylic acids is 1. The van der Waals surface area contributed by atoms with Crippen LogP contribution in [-0.2, 0) is 27.3 Å². The summed E-state index contributed by atoms with van der Waals surface area (Å²) in [5.41, 5.74) is 1.76. The smallest absolute Gasteiger partial charge is 0.317 e. The first kappa shape index (κ1) is 30.1. The summed E-state index contributed by atoms with van der Waals surface area (Å²) in [5.74, 6) is 0. The number of hydrogen-bond donors (Lipinski definition) is 1. The lowest BCUT2D eigenvalue weighted by atomic mass is 9.79. The summed E-state index contributed by atoms with van der Waals surface area (Å²) < 4.78 is 67.6. The van der Waals surface area contributed by atoms with Crippen LogP contribution in [0, 0.1) is 0 Å². The fourth-order valence-electron chi connectivity index (χ4n) is 7.03. The summed E-state index contributed by atoms with van der Waals surface area (Å²) in [5, 5.41) is 3.01. The number of amides is 2. The maximum Gasteiger partial charge on any atom is 0.416 e. The first-order chi connectivity index (χ1) is 20.5. The molecule has 0 unspecified atom stereocenters. The first-order valence-corrected chi connectivity index (χ1v) is 16.8. The number of halogens is 4. The minimum absolute atomic E-state index is 0.0671. The van der Waals surface area contributed by atoms with Crippen molar-refractivity contribution in [3.05, 3.63) is 94.0 Å². The number of nitrogens with zero attached hydrogens (tertiary/aromatic N) is 2. The lowest BCUT2D eigenvalue weighted by Gasteiger charge is -2.46. The highest BCUT2D eigenvalue weighted by Crippen LogP contribution is 2.48. The van der Waals surface area contributed by atoms with Crippen molar-refractivity contribution in [2.45, 2.75) is 73.0 Å². The van der Waals surface area contributed by atoms with Gasteiger partial charge in [-0.05, 0) is 92.1 Å². The molecule has 2 amide bonds. The Labute approximate surface area is 258 Å². The van der Waals surface area contributed by atoms with Gasteiger partial charge in [0.05, 0.1) is 10.5 Å². The molecule has 11 heteroatoms. The molecule has 1 saturated heterocycles. The number of alkyl halides is 3. The van der Waals surface area contributed by atoms with Gasteiger partial charge in [-0.15, -0.1) is 0 Å². The Morgan fingerprint density at radius 2 is 1.47 bits per heavy atom. The van der Waals surface area contributed by atoms with Gasteiger partial charge in [-0.1, -0.05) is 46.3 Å². The average Bonchev–Trinajstić information content (AvgIpc) is 3.01. The summed E-state index contributed by atoms with van der Waals surface area (Å²) in [6.45, 7) is 2.23. The van der Waals surface area contributed by atoms with Crippen LogP contribution in [-0.4, -0.2) is 49.4 Å². The number of rotatable bonds is 5. The number of anilines is 1. The second-order valence-corrected chi connectivity index (χ2v) is 14.9. The SMILES string of the molecule is O=C1Nc2ccccc2CN1C1CCN(C2CCC(c3ccc(Br)cc3)(S(=O)(=O)c3ccc(C(F)(F)F)cc3)CC2)CC1. The van der Waals surface area contributed by atoms with E-state index in [0.717, 1.165) is 65.9 Å². The van der Waals surface area contributed by atoms with Crippen molar-refractivity contribution in [3.8, 4) is 0 Å². The van der Waals surface area contributed by atoms with Crippen molar-refractivity contribution >= 4 is 37.5 Å².